The summed E-state index contributed by atoms with van der Waals surface area (Å²) in [5.41, 5.74) is 7.17. The van der Waals surface area contributed by atoms with Gasteiger partial charge in [-0.05, 0) is 26.1 Å². The fraction of sp³-hybridized carbons (Fsp3) is 0.370. The molecule has 2 amide bonds. The SMILES string of the molecule is CNCCCn1ccc2c1ccc[n+]2CC1=C(C(=O)O)N2C(=O)C(NC(=O)C(=NO[C@H](CO)C(=O)O)c3nc(N)sc3Cl)C2SC1. The summed E-state index contributed by atoms with van der Waals surface area (Å²) in [6, 6.07) is 4.71. The predicted octanol–water partition coefficient (Wildman–Crippen LogP) is -0.165. The van der Waals surface area contributed by atoms with Crippen LogP contribution in [-0.2, 0) is 37.1 Å². The van der Waals surface area contributed by atoms with E-state index in [1.165, 1.54) is 11.8 Å². The number of halogens is 1. The van der Waals surface area contributed by atoms with Gasteiger partial charge >= 0.3 is 11.9 Å². The molecular formula is C27H30ClN8O8S2+. The Morgan fingerprint density at radius 1 is 1.33 bits per heavy atom. The molecule has 16 nitrogen and oxygen atoms in total. The number of carboxylic acid groups (broad SMARTS) is 2. The van der Waals surface area contributed by atoms with E-state index in [9.17, 15) is 29.4 Å². The van der Waals surface area contributed by atoms with E-state index >= 15 is 0 Å². The van der Waals surface area contributed by atoms with Crippen molar-refractivity contribution in [3.05, 3.63) is 51.9 Å². The maximum absolute atomic E-state index is 13.4. The normalized spacial score (nSPS) is 18.7. The number of aliphatic hydroxyl groups excluding tert-OH is 1. The van der Waals surface area contributed by atoms with Gasteiger partial charge in [-0.2, -0.15) is 4.57 Å². The van der Waals surface area contributed by atoms with Crippen molar-refractivity contribution in [2.24, 2.45) is 5.16 Å². The standard InChI is InChI=1S/C27H29ClN8O8S2/c1-30-6-3-8-34-9-5-15-14(34)4-2-7-35(15)10-13-12-45-24-19(23(39)36(24)20(13)26(42)43)31-22(38)18(17-21(28)46-27(29)32-17)33-44-16(11-37)25(40)41/h2,4-5,7,9,16,19,24,30,37H,3,6,8,10-12H2,1H3,(H4-,29,31,32,38,40,41,42,43)/p+1/t16-,19?,24?/m1/s1. The molecule has 2 aliphatic heterocycles. The minimum atomic E-state index is -1.80. The van der Waals surface area contributed by atoms with Gasteiger partial charge in [0, 0.05) is 36.2 Å². The Hall–Kier alpha value is -4.23. The third-order valence-corrected chi connectivity index (χ3v) is 9.71. The Balaban J connectivity index is 1.37. The van der Waals surface area contributed by atoms with Crippen LogP contribution in [0.1, 0.15) is 12.1 Å². The van der Waals surface area contributed by atoms with Crippen LogP contribution in [0, 0.1) is 0 Å². The molecule has 1 saturated heterocycles. The molecule has 2 unspecified atom stereocenters. The third kappa shape index (κ3) is 6.52. The lowest BCUT2D eigenvalue weighted by molar-refractivity contribution is -0.663. The second kappa shape index (κ2) is 14.0. The number of nitrogens with zero attached hydrogens (tertiary/aromatic N) is 5. The molecule has 0 spiro atoms. The van der Waals surface area contributed by atoms with Crippen molar-refractivity contribution < 1.29 is 43.9 Å². The Kier molecular flexibility index (Phi) is 10.1. The highest BCUT2D eigenvalue weighted by Gasteiger charge is 2.55. The maximum Gasteiger partial charge on any atom is 0.352 e. The number of carbonyl (C=O) groups is 4. The van der Waals surface area contributed by atoms with Crippen molar-refractivity contribution in [1.82, 2.24) is 25.1 Å². The number of nitrogen functional groups attached to an aromatic ring is 1. The summed E-state index contributed by atoms with van der Waals surface area (Å²) in [5, 5.41) is 37.1. The summed E-state index contributed by atoms with van der Waals surface area (Å²) in [6.07, 6.45) is 2.99. The molecule has 244 valence electrons. The first-order valence-electron chi connectivity index (χ1n) is 13.9. The highest BCUT2D eigenvalue weighted by molar-refractivity contribution is 8.00. The van der Waals surface area contributed by atoms with Crippen LogP contribution in [0.25, 0.3) is 11.0 Å². The molecule has 0 bridgehead atoms. The number of oxime groups is 1. The van der Waals surface area contributed by atoms with E-state index in [0.29, 0.717) is 5.57 Å². The van der Waals surface area contributed by atoms with Crippen molar-refractivity contribution in [2.45, 2.75) is 37.0 Å². The van der Waals surface area contributed by atoms with Gasteiger partial charge in [0.05, 0.1) is 6.61 Å². The van der Waals surface area contributed by atoms with E-state index in [1.807, 2.05) is 42.2 Å². The van der Waals surface area contributed by atoms with Gasteiger partial charge in [0.2, 0.25) is 11.6 Å². The van der Waals surface area contributed by atoms with E-state index in [4.69, 9.17) is 27.3 Å². The molecule has 19 heteroatoms. The van der Waals surface area contributed by atoms with Crippen molar-refractivity contribution in [3.8, 4) is 0 Å². The zero-order chi connectivity index (χ0) is 33.1. The summed E-state index contributed by atoms with van der Waals surface area (Å²) < 4.78 is 4.02. The van der Waals surface area contributed by atoms with Gasteiger partial charge in [0.1, 0.15) is 32.7 Å². The molecule has 3 aromatic heterocycles. The number of aliphatic hydroxyl groups is 1. The number of thiazole rings is 1. The molecule has 0 aromatic carbocycles. The van der Waals surface area contributed by atoms with Crippen LogP contribution in [0.5, 0.6) is 0 Å². The number of aromatic nitrogens is 3. The van der Waals surface area contributed by atoms with Crippen LogP contribution in [-0.4, -0.2) is 103 Å². The van der Waals surface area contributed by atoms with Crippen molar-refractivity contribution in [3.63, 3.8) is 0 Å². The van der Waals surface area contributed by atoms with Crippen LogP contribution in [0.2, 0.25) is 4.34 Å². The molecule has 0 radical (unpaired) electrons. The lowest BCUT2D eigenvalue weighted by Crippen LogP contribution is -2.71. The number of hydrogen-bond acceptors (Lipinski definition) is 12. The van der Waals surface area contributed by atoms with E-state index in [2.05, 4.69) is 25.3 Å². The Labute approximate surface area is 274 Å². The molecule has 5 heterocycles. The van der Waals surface area contributed by atoms with Crippen LogP contribution in [0.15, 0.2) is 47.0 Å². The van der Waals surface area contributed by atoms with Crippen molar-refractivity contribution >= 4 is 80.3 Å². The highest BCUT2D eigenvalue weighted by atomic mass is 35.5. The minimum Gasteiger partial charge on any atom is -0.478 e. The van der Waals surface area contributed by atoms with Crippen molar-refractivity contribution in [1.29, 1.82) is 0 Å². The number of carboxylic acids is 2. The van der Waals surface area contributed by atoms with Crippen LogP contribution >= 0.6 is 34.7 Å². The smallest absolute Gasteiger partial charge is 0.352 e. The fourth-order valence-electron chi connectivity index (χ4n) is 5.12. The van der Waals surface area contributed by atoms with Gasteiger partial charge in [-0.25, -0.2) is 14.6 Å². The van der Waals surface area contributed by atoms with Crippen LogP contribution in [0.3, 0.4) is 0 Å². The number of hydrogen-bond donors (Lipinski definition) is 6. The zero-order valence-electron chi connectivity index (χ0n) is 24.3. The second-order valence-electron chi connectivity index (χ2n) is 10.2. The molecule has 0 saturated carbocycles. The van der Waals surface area contributed by atoms with Gasteiger partial charge in [-0.1, -0.05) is 28.1 Å². The Bertz CT molecular complexity index is 1760. The second-order valence-corrected chi connectivity index (χ2v) is 13.0. The summed E-state index contributed by atoms with van der Waals surface area (Å²) in [7, 11) is 1.90. The van der Waals surface area contributed by atoms with E-state index in [-0.39, 0.29) is 33.2 Å². The molecule has 3 atom stereocenters. The zero-order valence-corrected chi connectivity index (χ0v) is 26.6. The number of aryl methyl sites for hydroxylation is 1. The maximum atomic E-state index is 13.4. The van der Waals surface area contributed by atoms with E-state index in [0.717, 1.165) is 46.8 Å². The number of anilines is 1. The minimum absolute atomic E-state index is 0.0196. The molecule has 0 aliphatic carbocycles. The van der Waals surface area contributed by atoms with Gasteiger partial charge < -0.3 is 41.1 Å². The first kappa shape index (κ1) is 33.1. The van der Waals surface area contributed by atoms with Crippen molar-refractivity contribution in [2.75, 3.05) is 31.7 Å². The molecule has 5 rings (SSSR count). The van der Waals surface area contributed by atoms with Gasteiger partial charge in [-0.15, -0.1) is 11.8 Å². The topological polar surface area (TPSA) is 226 Å². The Morgan fingerprint density at radius 2 is 2.11 bits per heavy atom. The average Bonchev–Trinajstić information content (AvgIpc) is 3.59. The van der Waals surface area contributed by atoms with Gasteiger partial charge in [-0.3, -0.25) is 14.5 Å². The van der Waals surface area contributed by atoms with Gasteiger partial charge in [0.15, 0.2) is 23.6 Å². The molecular weight excluding hydrogens is 664 g/mol. The number of fused-ring (bicyclic) bond motifs is 2. The number of amides is 2. The fourth-order valence-corrected chi connectivity index (χ4v) is 7.39. The third-order valence-electron chi connectivity index (χ3n) is 7.29. The number of thioether (sulfide) groups is 1. The number of rotatable bonds is 14. The summed E-state index contributed by atoms with van der Waals surface area (Å²) in [5.74, 6) is -4.22. The number of aliphatic carboxylic acids is 2. The predicted molar refractivity (Wildman–Crippen MR) is 168 cm³/mol. The number of carbonyl (C=O) groups excluding carboxylic acids is 2. The molecule has 46 heavy (non-hydrogen) atoms. The number of pyridine rings is 1. The lowest BCUT2D eigenvalue weighted by atomic mass is 10.0. The first-order valence-corrected chi connectivity index (χ1v) is 16.1. The highest BCUT2D eigenvalue weighted by Crippen LogP contribution is 2.40. The summed E-state index contributed by atoms with van der Waals surface area (Å²) in [6.45, 7) is 0.965. The van der Waals surface area contributed by atoms with Gasteiger partial charge in [0.25, 0.3) is 11.8 Å². The largest absolute Gasteiger partial charge is 0.478 e. The Morgan fingerprint density at radius 3 is 2.76 bits per heavy atom. The molecule has 1 fully saturated rings. The first-order chi connectivity index (χ1) is 22.0. The number of β-lactam (4-membered cyclic amide) rings is 1. The van der Waals surface area contributed by atoms with E-state index < -0.39 is 53.6 Å². The molecule has 2 aliphatic rings. The summed E-state index contributed by atoms with van der Waals surface area (Å²) in [4.78, 5) is 60.4. The average molecular weight is 694 g/mol. The summed E-state index contributed by atoms with van der Waals surface area (Å²) >= 11 is 8.26. The van der Waals surface area contributed by atoms with Crippen LogP contribution < -0.4 is 20.9 Å². The molecule has 3 aromatic rings. The van der Waals surface area contributed by atoms with E-state index in [1.54, 1.807) is 0 Å². The number of nitrogens with two attached hydrogens (primary N) is 1. The lowest BCUT2D eigenvalue weighted by Gasteiger charge is -2.49. The number of nitrogens with one attached hydrogen (secondary N) is 2. The van der Waals surface area contributed by atoms with Crippen LogP contribution in [0.4, 0.5) is 5.13 Å². The monoisotopic (exact) mass is 693 g/mol. The quantitative estimate of drug-likeness (QED) is 0.0426. The molecule has 7 N–H and O–H groups in total.